The number of anilines is 1. The summed E-state index contributed by atoms with van der Waals surface area (Å²) in [6, 6.07) is 5.40. The van der Waals surface area contributed by atoms with Crippen LogP contribution in [0.4, 0.5) is 14.5 Å². The van der Waals surface area contributed by atoms with Crippen LogP contribution in [0.3, 0.4) is 0 Å². The number of hydrogen-bond acceptors (Lipinski definition) is 4. The Hall–Kier alpha value is -1.89. The van der Waals surface area contributed by atoms with Crippen LogP contribution in [0.15, 0.2) is 28.8 Å². The highest BCUT2D eigenvalue weighted by Gasteiger charge is 2.35. The largest absolute Gasteiger partial charge is 0.360 e. The van der Waals surface area contributed by atoms with Crippen molar-refractivity contribution in [3.05, 3.63) is 47.4 Å². The van der Waals surface area contributed by atoms with Crippen molar-refractivity contribution < 1.29 is 18.1 Å². The second-order valence-electron chi connectivity index (χ2n) is 5.08. The van der Waals surface area contributed by atoms with Gasteiger partial charge < -0.3 is 9.42 Å². The Morgan fingerprint density at radius 1 is 1.41 bits per heavy atom. The summed E-state index contributed by atoms with van der Waals surface area (Å²) in [6.45, 7) is 2.13. The van der Waals surface area contributed by atoms with Gasteiger partial charge in [0.25, 0.3) is 0 Å². The molecule has 7 heteroatoms. The molecule has 2 aromatic rings. The summed E-state index contributed by atoms with van der Waals surface area (Å²) in [5.41, 5.74) is 0.523. The molecule has 1 amide bonds. The number of rotatable bonds is 4. The van der Waals surface area contributed by atoms with Crippen LogP contribution >= 0.6 is 11.8 Å². The van der Waals surface area contributed by atoms with Gasteiger partial charge in [0, 0.05) is 12.6 Å². The van der Waals surface area contributed by atoms with Crippen molar-refractivity contribution in [3.63, 3.8) is 0 Å². The van der Waals surface area contributed by atoms with Crippen LogP contribution < -0.4 is 4.90 Å². The highest BCUT2D eigenvalue weighted by molar-refractivity contribution is 7.99. The zero-order chi connectivity index (χ0) is 15.7. The van der Waals surface area contributed by atoms with E-state index < -0.39 is 11.6 Å². The van der Waals surface area contributed by atoms with E-state index in [9.17, 15) is 13.6 Å². The smallest absolute Gasteiger partial charge is 0.240 e. The summed E-state index contributed by atoms with van der Waals surface area (Å²) >= 11 is 1.40. The number of hydrogen-bond donors (Lipinski definition) is 0. The molecular weight excluding hydrogens is 310 g/mol. The molecule has 22 heavy (non-hydrogen) atoms. The number of carbonyl (C=O) groups excluding carboxylic acids is 1. The maximum absolute atomic E-state index is 13.8. The number of para-hydroxylation sites is 1. The third-order valence-corrected chi connectivity index (χ3v) is 4.76. The van der Waals surface area contributed by atoms with Crippen molar-refractivity contribution in [1.82, 2.24) is 5.16 Å². The molecule has 0 aliphatic carbocycles. The first-order valence-corrected chi connectivity index (χ1v) is 7.90. The maximum atomic E-state index is 13.8. The van der Waals surface area contributed by atoms with Crippen molar-refractivity contribution in [2.45, 2.75) is 24.3 Å². The summed E-state index contributed by atoms with van der Waals surface area (Å²) in [6.07, 6.45) is 0.546. The van der Waals surface area contributed by atoms with Crippen LogP contribution in [0.2, 0.25) is 0 Å². The number of halogens is 2. The molecule has 1 aromatic heterocycles. The number of thioether (sulfide) groups is 1. The van der Waals surface area contributed by atoms with Gasteiger partial charge >= 0.3 is 0 Å². The molecular formula is C15H14F2N2O2S. The molecule has 1 atom stereocenters. The van der Waals surface area contributed by atoms with E-state index in [0.717, 1.165) is 17.8 Å². The van der Waals surface area contributed by atoms with Crippen LogP contribution in [0.5, 0.6) is 0 Å². The normalized spacial score (nSPS) is 18.2. The lowest BCUT2D eigenvalue weighted by Gasteiger charge is -2.18. The Balaban J connectivity index is 1.69. The Morgan fingerprint density at radius 2 is 2.14 bits per heavy atom. The number of aryl methyl sites for hydroxylation is 1. The number of aromatic nitrogens is 1. The predicted octanol–water partition coefficient (Wildman–Crippen LogP) is 3.30. The van der Waals surface area contributed by atoms with Crippen molar-refractivity contribution in [2.75, 3.05) is 11.4 Å². The zero-order valence-corrected chi connectivity index (χ0v) is 12.7. The van der Waals surface area contributed by atoms with Crippen LogP contribution in [0, 0.1) is 18.6 Å². The van der Waals surface area contributed by atoms with E-state index in [1.165, 1.54) is 22.7 Å². The molecule has 2 heterocycles. The van der Waals surface area contributed by atoms with Crippen LogP contribution in [0.1, 0.15) is 17.9 Å². The van der Waals surface area contributed by atoms with Gasteiger partial charge in [0.1, 0.15) is 23.1 Å². The molecule has 3 rings (SSSR count). The van der Waals surface area contributed by atoms with E-state index in [0.29, 0.717) is 24.5 Å². The van der Waals surface area contributed by atoms with E-state index in [1.54, 1.807) is 6.07 Å². The fourth-order valence-corrected chi connectivity index (χ4v) is 3.49. The van der Waals surface area contributed by atoms with Crippen LogP contribution in [0.25, 0.3) is 0 Å². The molecule has 0 radical (unpaired) electrons. The Bertz CT molecular complexity index is 684. The minimum absolute atomic E-state index is 0.258. The Kier molecular flexibility index (Phi) is 4.15. The first-order chi connectivity index (χ1) is 10.6. The summed E-state index contributed by atoms with van der Waals surface area (Å²) in [4.78, 5) is 13.6. The number of amides is 1. The molecule has 1 aliphatic heterocycles. The van der Waals surface area contributed by atoms with Gasteiger partial charge in [-0.15, -0.1) is 11.8 Å². The Morgan fingerprint density at radius 3 is 2.77 bits per heavy atom. The molecule has 0 saturated carbocycles. The molecule has 4 nitrogen and oxygen atoms in total. The van der Waals surface area contributed by atoms with Crippen LogP contribution in [-0.4, -0.2) is 22.9 Å². The zero-order valence-electron chi connectivity index (χ0n) is 11.9. The lowest BCUT2D eigenvalue weighted by molar-refractivity contribution is -0.116. The van der Waals surface area contributed by atoms with Crippen molar-refractivity contribution in [3.8, 4) is 0 Å². The van der Waals surface area contributed by atoms with Crippen LogP contribution in [-0.2, 0) is 10.5 Å². The van der Waals surface area contributed by atoms with Crippen molar-refractivity contribution in [2.24, 2.45) is 0 Å². The fraction of sp³-hybridized carbons (Fsp3) is 0.333. The Labute approximate surface area is 130 Å². The highest BCUT2D eigenvalue weighted by atomic mass is 32.2. The third kappa shape index (κ3) is 2.85. The second-order valence-corrected chi connectivity index (χ2v) is 6.27. The monoisotopic (exact) mass is 324 g/mol. The molecule has 1 fully saturated rings. The van der Waals surface area contributed by atoms with Gasteiger partial charge in [-0.2, -0.15) is 0 Å². The van der Waals surface area contributed by atoms with Gasteiger partial charge in [-0.3, -0.25) is 4.79 Å². The van der Waals surface area contributed by atoms with E-state index >= 15 is 0 Å². The molecule has 0 spiro atoms. The second kappa shape index (κ2) is 6.08. The maximum Gasteiger partial charge on any atom is 0.240 e. The first-order valence-electron chi connectivity index (χ1n) is 6.85. The molecule has 1 aliphatic rings. The van der Waals surface area contributed by atoms with E-state index in [-0.39, 0.29) is 16.8 Å². The molecule has 116 valence electrons. The molecule has 0 unspecified atom stereocenters. The fourth-order valence-electron chi connectivity index (χ4n) is 2.44. The van der Waals surface area contributed by atoms with Gasteiger partial charge in [0.05, 0.1) is 16.7 Å². The van der Waals surface area contributed by atoms with Gasteiger partial charge in [-0.1, -0.05) is 11.2 Å². The van der Waals surface area contributed by atoms with E-state index in [2.05, 4.69) is 5.16 Å². The van der Waals surface area contributed by atoms with Gasteiger partial charge in [-0.05, 0) is 25.5 Å². The summed E-state index contributed by atoms with van der Waals surface area (Å²) in [5.74, 6) is -0.518. The first kappa shape index (κ1) is 15.0. The summed E-state index contributed by atoms with van der Waals surface area (Å²) < 4.78 is 32.7. The SMILES string of the molecule is Cc1cc(CS[C@H]2CCN(c3c(F)cccc3F)C2=O)on1. The lowest BCUT2D eigenvalue weighted by atomic mass is 10.2. The molecule has 0 bridgehead atoms. The third-order valence-electron chi connectivity index (χ3n) is 3.47. The summed E-state index contributed by atoms with van der Waals surface area (Å²) in [5, 5.41) is 3.45. The average Bonchev–Trinajstić information content (AvgIpc) is 3.04. The topological polar surface area (TPSA) is 46.3 Å². The number of benzene rings is 1. The average molecular weight is 324 g/mol. The minimum atomic E-state index is -0.718. The standard InChI is InChI=1S/C15H14F2N2O2S/c1-9-7-10(21-18-9)8-22-13-5-6-19(15(13)20)14-11(16)3-2-4-12(14)17/h2-4,7,13H,5-6,8H2,1H3/t13-/m0/s1. The van der Waals surface area contributed by atoms with Gasteiger partial charge in [-0.25, -0.2) is 8.78 Å². The molecule has 1 aromatic carbocycles. The minimum Gasteiger partial charge on any atom is -0.360 e. The number of carbonyl (C=O) groups is 1. The summed E-state index contributed by atoms with van der Waals surface area (Å²) in [7, 11) is 0. The van der Waals surface area contributed by atoms with Crippen molar-refractivity contribution in [1.29, 1.82) is 0 Å². The highest BCUT2D eigenvalue weighted by Crippen LogP contribution is 2.33. The lowest BCUT2D eigenvalue weighted by Crippen LogP contribution is -2.29. The molecule has 1 saturated heterocycles. The molecule has 0 N–H and O–H groups in total. The van der Waals surface area contributed by atoms with Gasteiger partial charge in [0.15, 0.2) is 0 Å². The quantitative estimate of drug-likeness (QED) is 0.866. The number of nitrogens with zero attached hydrogens (tertiary/aromatic N) is 2. The van der Waals surface area contributed by atoms with Gasteiger partial charge in [0.2, 0.25) is 5.91 Å². The van der Waals surface area contributed by atoms with Crippen molar-refractivity contribution >= 4 is 23.4 Å². The predicted molar refractivity (Wildman–Crippen MR) is 79.7 cm³/mol. The van der Waals surface area contributed by atoms with E-state index in [4.69, 9.17) is 4.52 Å². The van der Waals surface area contributed by atoms with E-state index in [1.807, 2.05) is 6.92 Å².